The number of hydrogen-bond acceptors (Lipinski definition) is 2. The number of hydrogen-bond donors (Lipinski definition) is 0. The van der Waals surface area contributed by atoms with Gasteiger partial charge in [-0.15, -0.1) is 0 Å². The molecule has 2 aromatic carbocycles. The van der Waals surface area contributed by atoms with E-state index >= 15 is 0 Å². The van der Waals surface area contributed by atoms with Gasteiger partial charge in [0.1, 0.15) is 11.3 Å². The number of benzene rings is 2. The number of allylic oxidation sites excluding steroid dienone is 2. The van der Waals surface area contributed by atoms with Crippen LogP contribution >= 0.6 is 65.7 Å². The lowest BCUT2D eigenvalue weighted by Crippen LogP contribution is -2.28. The molecular weight excluding hydrogens is 866 g/mol. The number of fused-ring (bicyclic) bond motifs is 7. The molecule has 3 aromatic rings. The monoisotopic (exact) mass is 920 g/mol. The van der Waals surface area contributed by atoms with Gasteiger partial charge in [-0.3, -0.25) is 0 Å². The Hall–Kier alpha value is -1.46. The minimum absolute atomic E-state index is 0.0235. The highest BCUT2D eigenvalue weighted by Crippen LogP contribution is 2.62. The third kappa shape index (κ3) is 6.57. The standard InChI is InChI=1S/C43H54I2O2S2/c1-26(2)48(27(3)4,28(5)6)21-18-33-23-38-36(15-13-32-17-20-46-42(32)38)40-34(19-22-49(29(7)8,30(9)10)31(11)12)24-39-37(41(33)40)16-14-35(25-44)43(39)47-45/h13-17,20,23-24,26-31,40-41H,25H2,1-12H3. The Morgan fingerprint density at radius 3 is 1.55 bits per heavy atom. The molecule has 0 fully saturated rings. The van der Waals surface area contributed by atoms with Crippen LogP contribution in [0.4, 0.5) is 0 Å². The van der Waals surface area contributed by atoms with Crippen LogP contribution in [0.5, 0.6) is 5.75 Å². The quantitative estimate of drug-likeness (QED) is 0.128. The van der Waals surface area contributed by atoms with Crippen LogP contribution in [0.1, 0.15) is 123 Å². The van der Waals surface area contributed by atoms with Crippen LogP contribution in [-0.4, -0.2) is 31.5 Å². The van der Waals surface area contributed by atoms with E-state index in [2.05, 4.69) is 194 Å². The Balaban J connectivity index is 1.90. The van der Waals surface area contributed by atoms with Gasteiger partial charge in [-0.1, -0.05) is 142 Å². The summed E-state index contributed by atoms with van der Waals surface area (Å²) in [5.41, 5.74) is 9.30. The van der Waals surface area contributed by atoms with Crippen LogP contribution in [0.15, 0.2) is 52.2 Å². The highest BCUT2D eigenvalue weighted by atomic mass is 127. The second-order valence-electron chi connectivity index (χ2n) is 15.1. The first-order chi connectivity index (χ1) is 23.2. The maximum atomic E-state index is 6.22. The first-order valence-electron chi connectivity index (χ1n) is 17.8. The van der Waals surface area contributed by atoms with Crippen molar-refractivity contribution in [3.63, 3.8) is 0 Å². The van der Waals surface area contributed by atoms with Gasteiger partial charge in [0, 0.05) is 49.5 Å². The molecule has 0 aliphatic heterocycles. The first kappa shape index (κ1) is 38.8. The van der Waals surface area contributed by atoms with Crippen LogP contribution in [-0.2, 0) is 4.43 Å². The van der Waals surface area contributed by atoms with E-state index in [9.17, 15) is 0 Å². The van der Waals surface area contributed by atoms with Crippen molar-refractivity contribution >= 4 is 88.8 Å². The summed E-state index contributed by atoms with van der Waals surface area (Å²) in [6.07, 6.45) is 6.52. The average Bonchev–Trinajstić information content (AvgIpc) is 3.53. The molecule has 0 amide bonds. The van der Waals surface area contributed by atoms with Crippen molar-refractivity contribution in [3.05, 3.63) is 75.6 Å². The molecule has 5 rings (SSSR count). The summed E-state index contributed by atoms with van der Waals surface area (Å²) in [6, 6.07) is 11.2. The molecular formula is C43H54I2O2S2. The van der Waals surface area contributed by atoms with Crippen molar-refractivity contribution < 1.29 is 7.48 Å². The fourth-order valence-corrected chi connectivity index (χ4v) is 18.5. The highest BCUT2D eigenvalue weighted by molar-refractivity contribution is 14.1. The summed E-state index contributed by atoms with van der Waals surface area (Å²) in [6.45, 7) is 28.5. The van der Waals surface area contributed by atoms with Gasteiger partial charge < -0.3 is 7.48 Å². The third-order valence-corrected chi connectivity index (χ3v) is 22.5. The lowest BCUT2D eigenvalue weighted by Gasteiger charge is -2.47. The largest absolute Gasteiger partial charge is 0.464 e. The molecule has 6 heteroatoms. The highest BCUT2D eigenvalue weighted by Gasteiger charge is 2.42. The van der Waals surface area contributed by atoms with Crippen LogP contribution in [0.25, 0.3) is 23.1 Å². The second-order valence-corrected chi connectivity index (χ2v) is 25.4. The molecule has 0 bridgehead atoms. The third-order valence-electron chi connectivity index (χ3n) is 10.9. The number of alkyl halides is 1. The maximum Gasteiger partial charge on any atom is 0.192 e. The topological polar surface area (TPSA) is 22.4 Å². The fraction of sp³-hybridized carbons (Fsp3) is 0.488. The first-order valence-corrected chi connectivity index (χ1v) is 23.8. The van der Waals surface area contributed by atoms with E-state index in [-0.39, 0.29) is 11.8 Å². The van der Waals surface area contributed by atoms with Crippen LogP contribution < -0.4 is 3.07 Å². The summed E-state index contributed by atoms with van der Waals surface area (Å²) in [7, 11) is -2.51. The summed E-state index contributed by atoms with van der Waals surface area (Å²) in [5, 5.41) is 12.2. The molecule has 1 heterocycles. The average molecular weight is 921 g/mol. The van der Waals surface area contributed by atoms with Gasteiger partial charge in [0.15, 0.2) is 23.0 Å². The predicted molar refractivity (Wildman–Crippen MR) is 238 cm³/mol. The summed E-state index contributed by atoms with van der Waals surface area (Å²) >= 11 is 4.52. The second kappa shape index (κ2) is 15.3. The zero-order valence-corrected chi connectivity index (χ0v) is 37.3. The lowest BCUT2D eigenvalue weighted by molar-refractivity contribution is 0.610. The summed E-state index contributed by atoms with van der Waals surface area (Å²) < 4.78 is 13.3. The maximum absolute atomic E-state index is 6.22. The van der Waals surface area contributed by atoms with E-state index in [1.54, 1.807) is 0 Å². The van der Waals surface area contributed by atoms with Gasteiger partial charge in [0.2, 0.25) is 0 Å². The van der Waals surface area contributed by atoms with Gasteiger partial charge in [-0.05, 0) is 71.3 Å². The number of furan rings is 1. The van der Waals surface area contributed by atoms with Crippen molar-refractivity contribution in [1.82, 2.24) is 0 Å². The zero-order chi connectivity index (χ0) is 36.0. The number of rotatable bonds is 8. The molecule has 2 nitrogen and oxygen atoms in total. The van der Waals surface area contributed by atoms with E-state index in [1.165, 1.54) is 16.7 Å². The van der Waals surface area contributed by atoms with Crippen molar-refractivity contribution in [2.75, 3.05) is 0 Å². The van der Waals surface area contributed by atoms with E-state index in [1.807, 2.05) is 6.26 Å². The van der Waals surface area contributed by atoms with Gasteiger partial charge in [-0.2, -0.15) is 20.1 Å². The Morgan fingerprint density at radius 1 is 0.653 bits per heavy atom. The zero-order valence-electron chi connectivity index (χ0n) is 31.3. The summed E-state index contributed by atoms with van der Waals surface area (Å²) in [4.78, 5) is 0. The van der Waals surface area contributed by atoms with E-state index in [0.29, 0.717) is 31.5 Å². The molecule has 0 saturated carbocycles. The Kier molecular flexibility index (Phi) is 12.1. The van der Waals surface area contributed by atoms with Gasteiger partial charge in [0.25, 0.3) is 0 Å². The molecule has 0 N–H and O–H groups in total. The van der Waals surface area contributed by atoms with Crippen molar-refractivity contribution in [1.29, 1.82) is 0 Å². The van der Waals surface area contributed by atoms with E-state index in [0.717, 1.165) is 43.4 Å². The molecule has 264 valence electrons. The lowest BCUT2D eigenvalue weighted by atomic mass is 9.65. The Labute approximate surface area is 327 Å². The van der Waals surface area contributed by atoms with Crippen LogP contribution in [0, 0.1) is 22.3 Å². The smallest absolute Gasteiger partial charge is 0.192 e. The molecule has 2 aliphatic carbocycles. The van der Waals surface area contributed by atoms with Crippen molar-refractivity contribution in [3.8, 4) is 28.1 Å². The van der Waals surface area contributed by atoms with Gasteiger partial charge in [0.05, 0.1) is 6.26 Å². The SMILES string of the molecule is CC(C)S(C#CC1=Cc2c(ccc3ccoc23)C2C(C#CS(C(C)C)(C(C)C)C(C)C)=Cc3c(ccc(CI)c3OI)C12)(C(C)C)C(C)C. The molecule has 2 atom stereocenters. The molecule has 2 aliphatic rings. The minimum Gasteiger partial charge on any atom is -0.464 e. The van der Waals surface area contributed by atoms with E-state index < -0.39 is 20.1 Å². The molecule has 0 radical (unpaired) electrons. The molecule has 0 spiro atoms. The van der Waals surface area contributed by atoms with Crippen LogP contribution in [0.2, 0.25) is 0 Å². The van der Waals surface area contributed by atoms with Crippen molar-refractivity contribution in [2.24, 2.45) is 0 Å². The predicted octanol–water partition coefficient (Wildman–Crippen LogP) is 13.7. The van der Waals surface area contributed by atoms with E-state index in [4.69, 9.17) is 7.48 Å². The van der Waals surface area contributed by atoms with Gasteiger partial charge >= 0.3 is 0 Å². The van der Waals surface area contributed by atoms with Crippen molar-refractivity contribution in [2.45, 2.75) is 131 Å². The van der Waals surface area contributed by atoms with Crippen LogP contribution in [0.3, 0.4) is 0 Å². The normalized spacial score (nSPS) is 18.1. The molecule has 49 heavy (non-hydrogen) atoms. The van der Waals surface area contributed by atoms with Gasteiger partial charge in [-0.25, -0.2) is 0 Å². The Bertz CT molecular complexity index is 1860. The fourth-order valence-electron chi connectivity index (χ4n) is 8.81. The Morgan fingerprint density at radius 2 is 1.10 bits per heavy atom. The summed E-state index contributed by atoms with van der Waals surface area (Å²) in [5.74, 6) is 8.90. The molecule has 2 unspecified atom stereocenters. The number of halogens is 2. The molecule has 1 aromatic heterocycles. The molecule has 0 saturated heterocycles. The minimum atomic E-state index is -1.26.